The highest BCUT2D eigenvalue weighted by molar-refractivity contribution is 6.02. The summed E-state index contributed by atoms with van der Waals surface area (Å²) in [6.45, 7) is 8.34. The molecule has 0 atom stereocenters. The van der Waals surface area contributed by atoms with Gasteiger partial charge in [-0.15, -0.1) is 0 Å². The zero-order chi connectivity index (χ0) is 16.0. The topological polar surface area (TPSA) is 84.3 Å². The van der Waals surface area contributed by atoms with E-state index in [4.69, 9.17) is 0 Å². The Balaban J connectivity index is 3.18. The van der Waals surface area contributed by atoms with Crippen molar-refractivity contribution in [2.24, 2.45) is 0 Å². The summed E-state index contributed by atoms with van der Waals surface area (Å²) in [6.07, 6.45) is 1.58. The van der Waals surface area contributed by atoms with Gasteiger partial charge < -0.3 is 10.6 Å². The fourth-order valence-electron chi connectivity index (χ4n) is 1.78. The number of rotatable bonds is 7. The van der Waals surface area contributed by atoms with Crippen LogP contribution in [0.1, 0.15) is 50.9 Å². The molecule has 21 heavy (non-hydrogen) atoms. The van der Waals surface area contributed by atoms with Crippen LogP contribution < -0.4 is 10.6 Å². The fraction of sp³-hybridized carbons (Fsp3) is 0.533. The van der Waals surface area contributed by atoms with Gasteiger partial charge in [-0.2, -0.15) is 0 Å². The Morgan fingerprint density at radius 2 is 2.00 bits per heavy atom. The number of hydrogen-bond acceptors (Lipinski definition) is 4. The van der Waals surface area contributed by atoms with Crippen molar-refractivity contribution in [1.29, 1.82) is 0 Å². The van der Waals surface area contributed by atoms with Gasteiger partial charge in [0.25, 0.3) is 11.6 Å². The number of para-hydroxylation sites is 1. The largest absolute Gasteiger partial charge is 0.379 e. The van der Waals surface area contributed by atoms with Gasteiger partial charge in [0, 0.05) is 18.2 Å². The van der Waals surface area contributed by atoms with E-state index < -0.39 is 4.92 Å². The van der Waals surface area contributed by atoms with E-state index in [2.05, 4.69) is 10.6 Å². The highest BCUT2D eigenvalue weighted by Gasteiger charge is 2.25. The average molecular weight is 293 g/mol. The lowest BCUT2D eigenvalue weighted by Crippen LogP contribution is -2.43. The number of nitro benzene ring substituents is 1. The first-order valence-electron chi connectivity index (χ1n) is 7.16. The van der Waals surface area contributed by atoms with Gasteiger partial charge in [0.05, 0.1) is 10.5 Å². The van der Waals surface area contributed by atoms with Crippen molar-refractivity contribution in [1.82, 2.24) is 5.32 Å². The molecule has 0 radical (unpaired) electrons. The van der Waals surface area contributed by atoms with Crippen LogP contribution in [0.4, 0.5) is 11.4 Å². The smallest absolute Gasteiger partial charge is 0.293 e. The third-order valence-corrected chi connectivity index (χ3v) is 3.37. The van der Waals surface area contributed by atoms with E-state index in [1.807, 2.05) is 27.7 Å². The third kappa shape index (κ3) is 4.44. The van der Waals surface area contributed by atoms with E-state index >= 15 is 0 Å². The van der Waals surface area contributed by atoms with Crippen molar-refractivity contribution in [3.63, 3.8) is 0 Å². The highest BCUT2D eigenvalue weighted by Crippen LogP contribution is 2.28. The fourth-order valence-corrected chi connectivity index (χ4v) is 1.78. The third-order valence-electron chi connectivity index (χ3n) is 3.37. The number of carbonyl (C=O) groups excluding carboxylic acids is 1. The molecule has 1 aromatic carbocycles. The molecular weight excluding hydrogens is 270 g/mol. The van der Waals surface area contributed by atoms with Crippen molar-refractivity contribution in [3.05, 3.63) is 33.9 Å². The van der Waals surface area contributed by atoms with Gasteiger partial charge in [-0.3, -0.25) is 14.9 Å². The second kappa shape index (κ2) is 7.06. The van der Waals surface area contributed by atoms with Gasteiger partial charge in [-0.05, 0) is 32.8 Å². The molecule has 0 spiro atoms. The molecule has 0 aliphatic rings. The van der Waals surface area contributed by atoms with Crippen LogP contribution in [-0.4, -0.2) is 22.9 Å². The van der Waals surface area contributed by atoms with Crippen LogP contribution >= 0.6 is 0 Å². The van der Waals surface area contributed by atoms with Gasteiger partial charge in [0.2, 0.25) is 0 Å². The lowest BCUT2D eigenvalue weighted by molar-refractivity contribution is -0.384. The van der Waals surface area contributed by atoms with Crippen LogP contribution in [-0.2, 0) is 0 Å². The van der Waals surface area contributed by atoms with Crippen LogP contribution in [0.25, 0.3) is 0 Å². The number of carbonyl (C=O) groups is 1. The maximum atomic E-state index is 12.4. The minimum Gasteiger partial charge on any atom is -0.379 e. The first kappa shape index (κ1) is 16.9. The predicted molar refractivity (Wildman–Crippen MR) is 83.7 cm³/mol. The summed E-state index contributed by atoms with van der Waals surface area (Å²) < 4.78 is 0. The van der Waals surface area contributed by atoms with Gasteiger partial charge >= 0.3 is 0 Å². The van der Waals surface area contributed by atoms with Crippen LogP contribution in [0.15, 0.2) is 18.2 Å². The van der Waals surface area contributed by atoms with Crippen LogP contribution in [0.2, 0.25) is 0 Å². The van der Waals surface area contributed by atoms with Gasteiger partial charge in [-0.1, -0.05) is 19.9 Å². The molecule has 6 nitrogen and oxygen atoms in total. The quantitative estimate of drug-likeness (QED) is 0.596. The monoisotopic (exact) mass is 293 g/mol. The van der Waals surface area contributed by atoms with E-state index in [9.17, 15) is 14.9 Å². The average Bonchev–Trinajstić information content (AvgIpc) is 2.44. The van der Waals surface area contributed by atoms with Crippen molar-refractivity contribution < 1.29 is 9.72 Å². The SMILES string of the molecule is CCCNc1c(C(=O)NC(C)(C)CC)cccc1[N+](=O)[O-]. The molecule has 0 bridgehead atoms. The zero-order valence-corrected chi connectivity index (χ0v) is 13.0. The normalized spacial score (nSPS) is 11.0. The highest BCUT2D eigenvalue weighted by atomic mass is 16.6. The van der Waals surface area contributed by atoms with Crippen LogP contribution in [0, 0.1) is 10.1 Å². The molecule has 0 fully saturated rings. The number of nitro groups is 1. The second-order valence-electron chi connectivity index (χ2n) is 5.58. The first-order valence-corrected chi connectivity index (χ1v) is 7.16. The molecular formula is C15H23N3O3. The number of anilines is 1. The van der Waals surface area contributed by atoms with E-state index in [-0.39, 0.29) is 22.8 Å². The Hall–Kier alpha value is -2.11. The second-order valence-corrected chi connectivity index (χ2v) is 5.58. The van der Waals surface area contributed by atoms with E-state index in [0.717, 1.165) is 12.8 Å². The molecule has 1 amide bonds. The maximum Gasteiger partial charge on any atom is 0.293 e. The van der Waals surface area contributed by atoms with E-state index in [1.165, 1.54) is 12.1 Å². The van der Waals surface area contributed by atoms with E-state index in [0.29, 0.717) is 12.1 Å². The number of benzene rings is 1. The summed E-state index contributed by atoms with van der Waals surface area (Å²) in [5, 5.41) is 17.0. The number of nitrogens with zero attached hydrogens (tertiary/aromatic N) is 1. The summed E-state index contributed by atoms with van der Waals surface area (Å²) in [4.78, 5) is 23.1. The Labute approximate surface area is 125 Å². The Bertz CT molecular complexity index is 527. The number of nitrogens with one attached hydrogen (secondary N) is 2. The van der Waals surface area contributed by atoms with Crippen LogP contribution in [0.5, 0.6) is 0 Å². The zero-order valence-electron chi connectivity index (χ0n) is 13.0. The molecule has 0 aromatic heterocycles. The van der Waals surface area contributed by atoms with E-state index in [1.54, 1.807) is 6.07 Å². The van der Waals surface area contributed by atoms with Crippen molar-refractivity contribution >= 4 is 17.3 Å². The van der Waals surface area contributed by atoms with Crippen molar-refractivity contribution in [2.45, 2.75) is 46.1 Å². The Kier molecular flexibility index (Phi) is 5.69. The lowest BCUT2D eigenvalue weighted by Gasteiger charge is -2.25. The van der Waals surface area contributed by atoms with Gasteiger partial charge in [0.1, 0.15) is 5.69 Å². The molecule has 6 heteroatoms. The summed E-state index contributed by atoms with van der Waals surface area (Å²) in [5.74, 6) is -0.302. The molecule has 0 aliphatic heterocycles. The lowest BCUT2D eigenvalue weighted by atomic mass is 10.0. The maximum absolute atomic E-state index is 12.4. The first-order chi connectivity index (χ1) is 9.82. The molecule has 1 aromatic rings. The number of hydrogen-bond donors (Lipinski definition) is 2. The Morgan fingerprint density at radius 3 is 2.52 bits per heavy atom. The summed E-state index contributed by atoms with van der Waals surface area (Å²) in [5.41, 5.74) is 0.155. The molecule has 0 heterocycles. The molecule has 0 saturated carbocycles. The summed E-state index contributed by atoms with van der Waals surface area (Å²) >= 11 is 0. The predicted octanol–water partition coefficient (Wildman–Crippen LogP) is 3.34. The van der Waals surface area contributed by atoms with Crippen molar-refractivity contribution in [2.75, 3.05) is 11.9 Å². The van der Waals surface area contributed by atoms with Crippen LogP contribution in [0.3, 0.4) is 0 Å². The molecule has 2 N–H and O–H groups in total. The molecule has 0 aliphatic carbocycles. The molecule has 1 rings (SSSR count). The van der Waals surface area contributed by atoms with Gasteiger partial charge in [0.15, 0.2) is 0 Å². The minimum atomic E-state index is -0.472. The standard InChI is InChI=1S/C15H23N3O3/c1-5-10-16-13-11(8-7-9-12(13)18(20)21)14(19)17-15(3,4)6-2/h7-9,16H,5-6,10H2,1-4H3,(H,17,19). The molecule has 0 unspecified atom stereocenters. The number of amides is 1. The molecule has 0 saturated heterocycles. The Morgan fingerprint density at radius 1 is 1.33 bits per heavy atom. The summed E-state index contributed by atoms with van der Waals surface area (Å²) in [6, 6.07) is 4.54. The van der Waals surface area contributed by atoms with Gasteiger partial charge in [-0.25, -0.2) is 0 Å². The van der Waals surface area contributed by atoms with Crippen molar-refractivity contribution in [3.8, 4) is 0 Å². The minimum absolute atomic E-state index is 0.0783. The molecule has 116 valence electrons. The summed E-state index contributed by atoms with van der Waals surface area (Å²) in [7, 11) is 0.